The standard InChI is InChI=1S/C22H26N6O/c1-28-11-19(24-12-28)25-18-7-17-16(3-2-4-23-17)21(26-18)27-20-14-5-13-6-15(20)10-22(29,8-13)9-14/h2-4,7,11-15,20,29H,5-6,8-10H2,1H3,(H2,25,26,27). The van der Waals surface area contributed by atoms with E-state index >= 15 is 0 Å². The Labute approximate surface area is 169 Å². The molecule has 7 rings (SSSR count). The number of fused-ring (bicyclic) bond motifs is 1. The SMILES string of the molecule is Cn1cnc(Nc2cc3ncccc3c(NC3C4CC5CC3CC(O)(C5)C4)n2)c1. The van der Waals surface area contributed by atoms with Gasteiger partial charge in [0, 0.05) is 36.9 Å². The Kier molecular flexibility index (Phi) is 3.66. The third-order valence-corrected chi connectivity index (χ3v) is 7.10. The van der Waals surface area contributed by atoms with Crippen molar-refractivity contribution in [3.05, 3.63) is 36.9 Å². The van der Waals surface area contributed by atoms with Crippen molar-refractivity contribution in [3.8, 4) is 0 Å². The van der Waals surface area contributed by atoms with Crippen LogP contribution in [0.4, 0.5) is 17.5 Å². The minimum Gasteiger partial charge on any atom is -0.390 e. The number of hydrogen-bond acceptors (Lipinski definition) is 6. The van der Waals surface area contributed by atoms with E-state index in [2.05, 4.69) is 26.7 Å². The molecular formula is C22H26N6O. The highest BCUT2D eigenvalue weighted by Gasteiger charge is 2.54. The number of hydrogen-bond donors (Lipinski definition) is 3. The van der Waals surface area contributed by atoms with Gasteiger partial charge in [0.15, 0.2) is 0 Å². The Balaban J connectivity index is 1.35. The van der Waals surface area contributed by atoms with Crippen LogP contribution < -0.4 is 10.6 Å². The van der Waals surface area contributed by atoms with Gasteiger partial charge in [-0.15, -0.1) is 0 Å². The zero-order valence-electron chi connectivity index (χ0n) is 16.5. The van der Waals surface area contributed by atoms with Crippen molar-refractivity contribution >= 4 is 28.4 Å². The zero-order chi connectivity index (χ0) is 19.6. The van der Waals surface area contributed by atoms with Crippen LogP contribution in [0.1, 0.15) is 32.1 Å². The summed E-state index contributed by atoms with van der Waals surface area (Å²) in [5.41, 5.74) is 0.486. The molecule has 0 aliphatic heterocycles. The molecule has 4 aliphatic rings. The summed E-state index contributed by atoms with van der Waals surface area (Å²) in [6.07, 6.45) is 10.8. The van der Waals surface area contributed by atoms with Crippen LogP contribution in [0.15, 0.2) is 36.9 Å². The summed E-state index contributed by atoms with van der Waals surface area (Å²) in [6, 6.07) is 6.37. The van der Waals surface area contributed by atoms with Gasteiger partial charge in [-0.3, -0.25) is 4.98 Å². The molecule has 0 radical (unpaired) electrons. The van der Waals surface area contributed by atoms with Gasteiger partial charge < -0.3 is 20.3 Å². The molecule has 150 valence electrons. The van der Waals surface area contributed by atoms with Crippen LogP contribution >= 0.6 is 0 Å². The maximum absolute atomic E-state index is 10.9. The van der Waals surface area contributed by atoms with Crippen molar-refractivity contribution < 1.29 is 5.11 Å². The number of aryl methyl sites for hydroxylation is 1. The quantitative estimate of drug-likeness (QED) is 0.632. The molecule has 3 N–H and O–H groups in total. The van der Waals surface area contributed by atoms with Gasteiger partial charge in [-0.1, -0.05) is 0 Å². The maximum Gasteiger partial charge on any atom is 0.149 e. The summed E-state index contributed by atoms with van der Waals surface area (Å²) in [7, 11) is 1.95. The monoisotopic (exact) mass is 390 g/mol. The van der Waals surface area contributed by atoms with E-state index in [1.807, 2.05) is 36.1 Å². The lowest BCUT2D eigenvalue weighted by Crippen LogP contribution is -2.59. The summed E-state index contributed by atoms with van der Waals surface area (Å²) in [4.78, 5) is 13.8. The first kappa shape index (κ1) is 17.2. The number of aromatic nitrogens is 4. The number of aliphatic hydroxyl groups is 1. The Morgan fingerprint density at radius 2 is 1.97 bits per heavy atom. The smallest absolute Gasteiger partial charge is 0.149 e. The predicted molar refractivity (Wildman–Crippen MR) is 112 cm³/mol. The van der Waals surface area contributed by atoms with Crippen LogP contribution in [0, 0.1) is 17.8 Å². The number of pyridine rings is 2. The molecule has 7 nitrogen and oxygen atoms in total. The number of rotatable bonds is 4. The zero-order valence-corrected chi connectivity index (χ0v) is 16.5. The van der Waals surface area contributed by atoms with Gasteiger partial charge in [-0.2, -0.15) is 0 Å². The Morgan fingerprint density at radius 1 is 1.14 bits per heavy atom. The first-order chi connectivity index (χ1) is 14.0. The highest BCUT2D eigenvalue weighted by Crippen LogP contribution is 2.56. The van der Waals surface area contributed by atoms with Crippen LogP contribution in [0.25, 0.3) is 10.9 Å². The normalized spacial score (nSPS) is 32.6. The van der Waals surface area contributed by atoms with Crippen molar-refractivity contribution in [2.45, 2.75) is 43.7 Å². The van der Waals surface area contributed by atoms with Gasteiger partial charge in [-0.25, -0.2) is 9.97 Å². The van der Waals surface area contributed by atoms with Crippen LogP contribution in [-0.4, -0.2) is 36.3 Å². The van der Waals surface area contributed by atoms with E-state index in [0.29, 0.717) is 23.8 Å². The van der Waals surface area contributed by atoms with E-state index in [1.165, 1.54) is 12.8 Å². The molecule has 2 atom stereocenters. The van der Waals surface area contributed by atoms with E-state index in [-0.39, 0.29) is 0 Å². The molecule has 4 fully saturated rings. The van der Waals surface area contributed by atoms with E-state index in [1.54, 1.807) is 6.33 Å². The van der Waals surface area contributed by atoms with Crippen molar-refractivity contribution in [1.82, 2.24) is 19.5 Å². The minimum absolute atomic E-state index is 0.368. The van der Waals surface area contributed by atoms with Gasteiger partial charge >= 0.3 is 0 Å². The minimum atomic E-state index is -0.423. The lowest BCUT2D eigenvalue weighted by Gasteiger charge is -2.58. The summed E-state index contributed by atoms with van der Waals surface area (Å²) in [5.74, 6) is 4.11. The Morgan fingerprint density at radius 3 is 2.69 bits per heavy atom. The second kappa shape index (κ2) is 6.16. The number of imidazole rings is 1. The van der Waals surface area contributed by atoms with Gasteiger partial charge in [0.25, 0.3) is 0 Å². The van der Waals surface area contributed by atoms with Crippen LogP contribution in [0.5, 0.6) is 0 Å². The molecule has 3 heterocycles. The lowest BCUT2D eigenvalue weighted by atomic mass is 9.52. The molecule has 4 saturated carbocycles. The fraction of sp³-hybridized carbons (Fsp3) is 0.500. The Hall–Kier alpha value is -2.67. The lowest BCUT2D eigenvalue weighted by molar-refractivity contribution is -0.129. The average Bonchev–Trinajstić information content (AvgIpc) is 3.08. The van der Waals surface area contributed by atoms with E-state index in [4.69, 9.17) is 4.98 Å². The molecule has 0 aromatic carbocycles. The number of nitrogens with one attached hydrogen (secondary N) is 2. The molecule has 3 aromatic heterocycles. The molecule has 0 amide bonds. The summed E-state index contributed by atoms with van der Waals surface area (Å²) >= 11 is 0. The summed E-state index contributed by atoms with van der Waals surface area (Å²) in [5, 5.41) is 19.0. The molecule has 29 heavy (non-hydrogen) atoms. The molecule has 2 unspecified atom stereocenters. The van der Waals surface area contributed by atoms with Crippen molar-refractivity contribution in [3.63, 3.8) is 0 Å². The maximum atomic E-state index is 10.9. The summed E-state index contributed by atoms with van der Waals surface area (Å²) in [6.45, 7) is 0. The third-order valence-electron chi connectivity index (χ3n) is 7.10. The summed E-state index contributed by atoms with van der Waals surface area (Å²) < 4.78 is 1.90. The second-order valence-corrected chi connectivity index (χ2v) is 9.34. The van der Waals surface area contributed by atoms with Gasteiger partial charge in [0.05, 0.1) is 17.4 Å². The van der Waals surface area contributed by atoms with Crippen LogP contribution in [0.3, 0.4) is 0 Å². The van der Waals surface area contributed by atoms with Gasteiger partial charge in [-0.05, 0) is 62.0 Å². The van der Waals surface area contributed by atoms with Gasteiger partial charge in [0.2, 0.25) is 0 Å². The van der Waals surface area contributed by atoms with Crippen molar-refractivity contribution in [2.24, 2.45) is 24.8 Å². The molecule has 0 saturated heterocycles. The number of anilines is 3. The first-order valence-corrected chi connectivity index (χ1v) is 10.5. The van der Waals surface area contributed by atoms with Gasteiger partial charge in [0.1, 0.15) is 17.5 Å². The van der Waals surface area contributed by atoms with E-state index in [9.17, 15) is 5.11 Å². The second-order valence-electron chi connectivity index (χ2n) is 9.34. The topological polar surface area (TPSA) is 87.9 Å². The Bertz CT molecular complexity index is 1060. The molecule has 3 aromatic rings. The largest absolute Gasteiger partial charge is 0.390 e. The van der Waals surface area contributed by atoms with E-state index in [0.717, 1.165) is 47.6 Å². The fourth-order valence-electron chi connectivity index (χ4n) is 6.23. The van der Waals surface area contributed by atoms with Crippen molar-refractivity contribution in [2.75, 3.05) is 10.6 Å². The highest BCUT2D eigenvalue weighted by atomic mass is 16.3. The third kappa shape index (κ3) is 2.95. The molecular weight excluding hydrogens is 364 g/mol. The highest BCUT2D eigenvalue weighted by molar-refractivity contribution is 5.91. The molecule has 0 spiro atoms. The number of nitrogens with zero attached hydrogens (tertiary/aromatic N) is 4. The average molecular weight is 390 g/mol. The fourth-order valence-corrected chi connectivity index (χ4v) is 6.23. The van der Waals surface area contributed by atoms with Crippen LogP contribution in [0.2, 0.25) is 0 Å². The predicted octanol–water partition coefficient (Wildman–Crippen LogP) is 3.46. The first-order valence-electron chi connectivity index (χ1n) is 10.5. The molecule has 7 heteroatoms. The molecule has 4 bridgehead atoms. The van der Waals surface area contributed by atoms with E-state index < -0.39 is 5.60 Å². The molecule has 4 aliphatic carbocycles. The van der Waals surface area contributed by atoms with Crippen LogP contribution in [-0.2, 0) is 7.05 Å². The van der Waals surface area contributed by atoms with Crippen molar-refractivity contribution in [1.29, 1.82) is 0 Å².